The van der Waals surface area contributed by atoms with E-state index in [0.717, 1.165) is 19.3 Å². The number of benzene rings is 1. The predicted octanol–water partition coefficient (Wildman–Crippen LogP) is 6.92. The van der Waals surface area contributed by atoms with Crippen LogP contribution in [0.2, 0.25) is 0 Å². The largest absolute Gasteiger partial charge is 0.396 e. The fourth-order valence-electron chi connectivity index (χ4n) is 4.69. The van der Waals surface area contributed by atoms with Crippen molar-refractivity contribution in [3.05, 3.63) is 47.5 Å². The van der Waals surface area contributed by atoms with Crippen molar-refractivity contribution in [3.8, 4) is 0 Å². The predicted molar refractivity (Wildman–Crippen MR) is 131 cm³/mol. The number of hydrogen-bond acceptors (Lipinski definition) is 2. The average molecular weight is 440 g/mol. The maximum absolute atomic E-state index is 9.99. The highest BCUT2D eigenvalue weighted by Gasteiger charge is 2.39. The van der Waals surface area contributed by atoms with Crippen molar-refractivity contribution < 1.29 is 9.63 Å². The highest BCUT2D eigenvalue weighted by molar-refractivity contribution is 8.41. The molecule has 1 N–H and O–H groups in total. The van der Waals surface area contributed by atoms with E-state index < -0.39 is 7.53 Å². The number of hydrogen-bond donors (Lipinski definition) is 1. The van der Waals surface area contributed by atoms with Crippen LogP contribution < -0.4 is 0 Å². The van der Waals surface area contributed by atoms with Crippen molar-refractivity contribution in [3.63, 3.8) is 0 Å². The molecule has 0 saturated heterocycles. The van der Waals surface area contributed by atoms with Crippen LogP contribution in [0.15, 0.2) is 36.4 Å². The molecule has 2 rings (SSSR count). The summed E-state index contributed by atoms with van der Waals surface area (Å²) in [7, 11) is 5.05. The third-order valence-corrected chi connectivity index (χ3v) is 7.36. The van der Waals surface area contributed by atoms with Gasteiger partial charge in [-0.15, -0.1) is 0 Å². The van der Waals surface area contributed by atoms with E-state index in [1.54, 1.807) is 0 Å². The van der Waals surface area contributed by atoms with Crippen molar-refractivity contribution in [1.29, 1.82) is 0 Å². The Balaban J connectivity index is 2.12. The van der Waals surface area contributed by atoms with Crippen LogP contribution in [0.4, 0.5) is 0 Å². The Hall–Kier alpha value is 0.170. The lowest BCUT2D eigenvalue weighted by Crippen LogP contribution is -2.21. The van der Waals surface area contributed by atoms with Gasteiger partial charge in [-0.2, -0.15) is 0 Å². The van der Waals surface area contributed by atoms with Crippen LogP contribution in [0, 0.1) is 30.6 Å². The lowest BCUT2D eigenvalue weighted by atomic mass is 9.82. The van der Waals surface area contributed by atoms with E-state index in [0.29, 0.717) is 30.3 Å². The molecule has 4 unspecified atom stereocenters. The second kappa shape index (κ2) is 12.8. The van der Waals surface area contributed by atoms with Gasteiger partial charge in [-0.25, -0.2) is 0 Å². The van der Waals surface area contributed by atoms with Crippen LogP contribution in [0.5, 0.6) is 0 Å². The molecule has 158 valence electrons. The van der Waals surface area contributed by atoms with Crippen molar-refractivity contribution >= 4 is 25.4 Å². The highest BCUT2D eigenvalue weighted by Crippen LogP contribution is 2.55. The van der Waals surface area contributed by atoms with E-state index in [2.05, 4.69) is 75.0 Å². The van der Waals surface area contributed by atoms with E-state index in [1.807, 2.05) is 0 Å². The molecule has 1 saturated carbocycles. The van der Waals surface area contributed by atoms with Gasteiger partial charge in [-0.3, -0.25) is 0 Å². The Morgan fingerprint density at radius 2 is 2.11 bits per heavy atom. The topological polar surface area (TPSA) is 29.5 Å². The van der Waals surface area contributed by atoms with Crippen LogP contribution >= 0.6 is 25.4 Å². The van der Waals surface area contributed by atoms with Crippen LogP contribution in [0.25, 0.3) is 0 Å². The van der Waals surface area contributed by atoms with Crippen LogP contribution in [-0.2, 0) is 10.9 Å². The lowest BCUT2D eigenvalue weighted by Gasteiger charge is -2.24. The minimum absolute atomic E-state index is 0.202. The summed E-state index contributed by atoms with van der Waals surface area (Å²) in [4.78, 5) is 0. The summed E-state index contributed by atoms with van der Waals surface area (Å²) in [5.41, 5.74) is 2.71. The van der Waals surface area contributed by atoms with Crippen LogP contribution in [0.3, 0.4) is 0 Å². The minimum atomic E-state index is -0.520. The Morgan fingerprint density at radius 3 is 2.75 bits per heavy atom. The molecule has 0 aliphatic heterocycles. The van der Waals surface area contributed by atoms with Gasteiger partial charge in [0, 0.05) is 6.61 Å². The van der Waals surface area contributed by atoms with Gasteiger partial charge in [-0.05, 0) is 55.4 Å². The third kappa shape index (κ3) is 7.78. The molecule has 1 aromatic rings. The van der Waals surface area contributed by atoms with Crippen molar-refractivity contribution in [2.45, 2.75) is 65.4 Å². The van der Waals surface area contributed by atoms with E-state index in [4.69, 9.17) is 4.52 Å². The van der Waals surface area contributed by atoms with E-state index in [9.17, 15) is 5.11 Å². The number of rotatable bonds is 11. The number of aliphatic hydroxyl groups is 1. The van der Waals surface area contributed by atoms with Gasteiger partial charge in [-0.1, -0.05) is 92.9 Å². The van der Waals surface area contributed by atoms with Gasteiger partial charge in [0.15, 0.2) is 0 Å². The molecule has 0 amide bonds. The Bertz CT molecular complexity index is 605. The zero-order valence-corrected chi connectivity index (χ0v) is 21.0. The van der Waals surface area contributed by atoms with Gasteiger partial charge in [0.1, 0.15) is 0 Å². The van der Waals surface area contributed by atoms with Gasteiger partial charge in [0.05, 0.1) is 13.6 Å². The molecule has 5 heteroatoms. The molecule has 1 aliphatic carbocycles. The molecule has 1 aliphatic rings. The van der Waals surface area contributed by atoms with Gasteiger partial charge in [0.25, 0.3) is 0 Å². The molecule has 7 atom stereocenters. The number of aliphatic hydroxyl groups excluding tert-OH is 1. The first-order valence-corrected chi connectivity index (χ1v) is 15.2. The number of aryl methyl sites for hydroxylation is 1. The third-order valence-electron chi connectivity index (χ3n) is 6.12. The Kier molecular flexibility index (Phi) is 11.1. The molecule has 2 nitrogen and oxygen atoms in total. The quantitative estimate of drug-likeness (QED) is 0.230. The smallest absolute Gasteiger partial charge is 0.0807 e. The fourth-order valence-corrected chi connectivity index (χ4v) is 6.12. The van der Waals surface area contributed by atoms with Crippen LogP contribution in [-0.4, -0.2) is 17.8 Å². The zero-order chi connectivity index (χ0) is 20.5. The second-order valence-corrected chi connectivity index (χ2v) is 14.2. The maximum Gasteiger partial charge on any atom is 0.0807 e. The normalized spacial score (nSPS) is 26.4. The molecule has 0 spiro atoms. The first-order chi connectivity index (χ1) is 13.4. The molecular formula is C23H39O2P3. The molecule has 0 heterocycles. The summed E-state index contributed by atoms with van der Waals surface area (Å²) < 4.78 is 6.17. The van der Waals surface area contributed by atoms with Crippen molar-refractivity contribution in [2.24, 2.45) is 23.7 Å². The Morgan fingerprint density at radius 1 is 1.32 bits per heavy atom. The van der Waals surface area contributed by atoms with Gasteiger partial charge in [0.2, 0.25) is 0 Å². The highest BCUT2D eigenvalue weighted by atomic mass is 32.4. The van der Waals surface area contributed by atoms with E-state index in [1.165, 1.54) is 30.4 Å². The van der Waals surface area contributed by atoms with Crippen molar-refractivity contribution in [2.75, 3.05) is 6.61 Å². The molecular weight excluding hydrogens is 401 g/mol. The summed E-state index contributed by atoms with van der Waals surface area (Å²) in [5, 5.41) is 9.99. The van der Waals surface area contributed by atoms with Crippen molar-refractivity contribution in [1.82, 2.24) is 0 Å². The molecule has 1 aromatic carbocycles. The Labute approximate surface area is 178 Å². The standard InChI is InChI=1S/C23H39O2P3/c1-4-5-6-10-21(25-28(26)27)11-12-22-18(3)14-20(16-24)23(22)15-19-9-7-8-17(2)13-19/h7-9,11-13,18,20-24H,4-6,10,14-16,26-27H2,1-3H3/b12-11+/t18?,20-,21+,22+,23?/m1/s1. The van der Waals surface area contributed by atoms with Crippen LogP contribution in [0.1, 0.15) is 57.1 Å². The molecule has 0 radical (unpaired) electrons. The molecule has 28 heavy (non-hydrogen) atoms. The monoisotopic (exact) mass is 440 g/mol. The SMILES string of the molecule is CCCCC[C@@H](/C=C/[C@H]1C(C)C[C@H](CO)C1Cc1cccc(C)c1)OP(P)P. The zero-order valence-electron chi connectivity index (χ0n) is 17.8. The summed E-state index contributed by atoms with van der Waals surface area (Å²) >= 11 is 0. The average Bonchev–Trinajstić information content (AvgIpc) is 2.94. The molecule has 0 bridgehead atoms. The maximum atomic E-state index is 9.99. The molecule has 1 fully saturated rings. The number of unbranched alkanes of at least 4 members (excludes halogenated alkanes) is 2. The summed E-state index contributed by atoms with van der Waals surface area (Å²) in [5.74, 6) is 2.01. The summed E-state index contributed by atoms with van der Waals surface area (Å²) in [6.45, 7) is 7.04. The number of allylic oxidation sites excluding steroid dienone is 1. The van der Waals surface area contributed by atoms with Gasteiger partial charge < -0.3 is 9.63 Å². The molecule has 0 aromatic heterocycles. The lowest BCUT2D eigenvalue weighted by molar-refractivity contribution is 0.185. The first-order valence-electron chi connectivity index (χ1n) is 10.8. The van der Waals surface area contributed by atoms with E-state index >= 15 is 0 Å². The minimum Gasteiger partial charge on any atom is -0.396 e. The summed E-state index contributed by atoms with van der Waals surface area (Å²) in [6.07, 6.45) is 11.9. The second-order valence-electron chi connectivity index (χ2n) is 8.47. The fraction of sp³-hybridized carbons (Fsp3) is 0.652. The first kappa shape index (κ1) is 24.4. The summed E-state index contributed by atoms with van der Waals surface area (Å²) in [6, 6.07) is 8.84. The van der Waals surface area contributed by atoms with Gasteiger partial charge >= 0.3 is 0 Å². The van der Waals surface area contributed by atoms with E-state index in [-0.39, 0.29) is 6.10 Å².